The first-order valence-electron chi connectivity index (χ1n) is 8.54. The van der Waals surface area contributed by atoms with E-state index in [1.165, 1.54) is 6.07 Å². The maximum absolute atomic E-state index is 13.4. The van der Waals surface area contributed by atoms with Gasteiger partial charge < -0.3 is 18.8 Å². The van der Waals surface area contributed by atoms with Crippen molar-refractivity contribution in [2.45, 2.75) is 25.4 Å². The minimum absolute atomic E-state index is 0.0944. The van der Waals surface area contributed by atoms with Crippen LogP contribution in [0.2, 0.25) is 0 Å². The van der Waals surface area contributed by atoms with E-state index in [4.69, 9.17) is 13.9 Å². The molecule has 1 unspecified atom stereocenters. The van der Waals surface area contributed by atoms with Gasteiger partial charge in [0.2, 0.25) is 0 Å². The first-order chi connectivity index (χ1) is 12.8. The van der Waals surface area contributed by atoms with Crippen molar-refractivity contribution < 1.29 is 27.5 Å². The second kappa shape index (κ2) is 6.37. The van der Waals surface area contributed by atoms with Gasteiger partial charge in [0.1, 0.15) is 12.2 Å². The number of likely N-dealkylation sites (tertiary alicyclic amines) is 1. The van der Waals surface area contributed by atoms with E-state index in [1.807, 2.05) is 6.07 Å². The molecule has 0 saturated carbocycles. The predicted octanol–water partition coefficient (Wildman–Crippen LogP) is 2.94. The van der Waals surface area contributed by atoms with Crippen LogP contribution < -0.4 is 15.1 Å². The number of para-hydroxylation sites is 2. The third kappa shape index (κ3) is 3.27. The number of amides is 1. The van der Waals surface area contributed by atoms with E-state index < -0.39 is 36.5 Å². The van der Waals surface area contributed by atoms with E-state index >= 15 is 0 Å². The van der Waals surface area contributed by atoms with E-state index in [-0.39, 0.29) is 24.5 Å². The number of halogens is 2. The molecule has 0 N–H and O–H groups in total. The number of alkyl halides is 2. The molecule has 1 amide bonds. The van der Waals surface area contributed by atoms with Crippen molar-refractivity contribution >= 4 is 5.91 Å². The van der Waals surface area contributed by atoms with Crippen LogP contribution in [-0.4, -0.2) is 36.4 Å². The normalized spacial score (nSPS) is 20.6. The standard InChI is InChI=1S/C19H17F2NO5/c1-11-8-14(15-9-25-12-4-2-3-5-13(12)26-15)27-18(24)16(11)17(23)22-7-6-19(20,21)10-22/h2-5,8,15H,6-7,9-10H2,1H3. The van der Waals surface area contributed by atoms with Crippen molar-refractivity contribution in [2.24, 2.45) is 0 Å². The third-order valence-electron chi connectivity index (χ3n) is 4.66. The van der Waals surface area contributed by atoms with Crippen molar-refractivity contribution in [3.8, 4) is 11.5 Å². The van der Waals surface area contributed by atoms with Gasteiger partial charge in [-0.25, -0.2) is 13.6 Å². The fourth-order valence-corrected chi connectivity index (χ4v) is 3.28. The van der Waals surface area contributed by atoms with Crippen LogP contribution in [0.15, 0.2) is 39.5 Å². The van der Waals surface area contributed by atoms with Crippen LogP contribution in [-0.2, 0) is 0 Å². The monoisotopic (exact) mass is 377 g/mol. The SMILES string of the molecule is Cc1cc(C2COc3ccccc3O2)oc(=O)c1C(=O)N1CCC(F)(F)C1. The van der Waals surface area contributed by atoms with Crippen molar-refractivity contribution in [1.82, 2.24) is 4.90 Å². The Kier molecular flexibility index (Phi) is 4.13. The van der Waals surface area contributed by atoms with Gasteiger partial charge in [0, 0.05) is 13.0 Å². The molecule has 0 radical (unpaired) electrons. The van der Waals surface area contributed by atoms with Gasteiger partial charge in [0.05, 0.1) is 6.54 Å². The summed E-state index contributed by atoms with van der Waals surface area (Å²) in [6, 6.07) is 8.62. The molecule has 27 heavy (non-hydrogen) atoms. The number of hydrogen-bond acceptors (Lipinski definition) is 5. The highest BCUT2D eigenvalue weighted by Crippen LogP contribution is 2.36. The zero-order valence-electron chi connectivity index (χ0n) is 14.5. The lowest BCUT2D eigenvalue weighted by Crippen LogP contribution is -2.35. The molecule has 2 aromatic rings. The Morgan fingerprint density at radius 1 is 1.26 bits per heavy atom. The Balaban J connectivity index is 1.60. The number of carbonyl (C=O) groups excluding carboxylic acids is 1. The summed E-state index contributed by atoms with van der Waals surface area (Å²) in [5.41, 5.74) is -0.745. The van der Waals surface area contributed by atoms with E-state index in [0.717, 1.165) is 4.90 Å². The number of hydrogen-bond donors (Lipinski definition) is 0. The van der Waals surface area contributed by atoms with E-state index in [9.17, 15) is 18.4 Å². The van der Waals surface area contributed by atoms with Gasteiger partial charge in [-0.2, -0.15) is 0 Å². The molecule has 1 saturated heterocycles. The summed E-state index contributed by atoms with van der Waals surface area (Å²) in [6.07, 6.45) is -1.06. The minimum atomic E-state index is -2.93. The van der Waals surface area contributed by atoms with Gasteiger partial charge >= 0.3 is 5.63 Å². The number of aryl methyl sites for hydroxylation is 1. The van der Waals surface area contributed by atoms with Crippen LogP contribution in [0.1, 0.15) is 34.2 Å². The highest BCUT2D eigenvalue weighted by Gasteiger charge is 2.41. The van der Waals surface area contributed by atoms with Gasteiger partial charge in [0.15, 0.2) is 23.4 Å². The smallest absolute Gasteiger partial charge is 0.349 e. The number of ether oxygens (including phenoxy) is 2. The summed E-state index contributed by atoms with van der Waals surface area (Å²) in [4.78, 5) is 25.9. The highest BCUT2D eigenvalue weighted by molar-refractivity contribution is 5.95. The first kappa shape index (κ1) is 17.5. The lowest BCUT2D eigenvalue weighted by Gasteiger charge is -2.26. The number of benzene rings is 1. The van der Waals surface area contributed by atoms with Crippen LogP contribution in [0.25, 0.3) is 0 Å². The summed E-state index contributed by atoms with van der Waals surface area (Å²) in [6.45, 7) is 0.927. The molecular weight excluding hydrogens is 360 g/mol. The number of carbonyl (C=O) groups is 1. The molecule has 1 atom stereocenters. The lowest BCUT2D eigenvalue weighted by molar-refractivity contribution is 0.0119. The van der Waals surface area contributed by atoms with E-state index in [2.05, 4.69) is 0 Å². The quantitative estimate of drug-likeness (QED) is 0.805. The maximum Gasteiger partial charge on any atom is 0.349 e. The van der Waals surface area contributed by atoms with Crippen LogP contribution in [0.3, 0.4) is 0 Å². The fraction of sp³-hybridized carbons (Fsp3) is 0.368. The lowest BCUT2D eigenvalue weighted by atomic mass is 10.1. The number of nitrogens with zero attached hydrogens (tertiary/aromatic N) is 1. The van der Waals surface area contributed by atoms with Crippen LogP contribution >= 0.6 is 0 Å². The molecular formula is C19H17F2NO5. The fourth-order valence-electron chi connectivity index (χ4n) is 3.28. The highest BCUT2D eigenvalue weighted by atomic mass is 19.3. The molecule has 1 fully saturated rings. The zero-order valence-corrected chi connectivity index (χ0v) is 14.5. The van der Waals surface area contributed by atoms with E-state index in [0.29, 0.717) is 17.1 Å². The maximum atomic E-state index is 13.4. The van der Waals surface area contributed by atoms with Crippen LogP contribution in [0, 0.1) is 6.92 Å². The molecule has 8 heteroatoms. The molecule has 2 aliphatic heterocycles. The molecule has 0 spiro atoms. The van der Waals surface area contributed by atoms with Gasteiger partial charge in [-0.15, -0.1) is 0 Å². The Hall–Kier alpha value is -2.90. The second-order valence-electron chi connectivity index (χ2n) is 6.69. The van der Waals surface area contributed by atoms with Crippen LogP contribution in [0.4, 0.5) is 8.78 Å². The Morgan fingerprint density at radius 3 is 2.67 bits per heavy atom. The molecule has 3 heterocycles. The van der Waals surface area contributed by atoms with E-state index in [1.54, 1.807) is 25.1 Å². The molecule has 1 aromatic carbocycles. The largest absolute Gasteiger partial charge is 0.485 e. The molecule has 0 bridgehead atoms. The summed E-state index contributed by atoms with van der Waals surface area (Å²) >= 11 is 0. The Labute approximate surface area is 153 Å². The average molecular weight is 377 g/mol. The zero-order chi connectivity index (χ0) is 19.2. The molecule has 0 aliphatic carbocycles. The molecule has 142 valence electrons. The minimum Gasteiger partial charge on any atom is -0.485 e. The number of rotatable bonds is 2. The Bertz CT molecular complexity index is 955. The van der Waals surface area contributed by atoms with Gasteiger partial charge in [-0.3, -0.25) is 4.79 Å². The van der Waals surface area contributed by atoms with Gasteiger partial charge in [-0.05, 0) is 30.7 Å². The van der Waals surface area contributed by atoms with Crippen molar-refractivity contribution in [1.29, 1.82) is 0 Å². The summed E-state index contributed by atoms with van der Waals surface area (Å²) in [7, 11) is 0. The van der Waals surface area contributed by atoms with Crippen molar-refractivity contribution in [3.05, 3.63) is 57.6 Å². The van der Waals surface area contributed by atoms with Gasteiger partial charge in [0.25, 0.3) is 11.8 Å². The Morgan fingerprint density at radius 2 is 2.00 bits per heavy atom. The average Bonchev–Trinajstić information content (AvgIpc) is 3.00. The summed E-state index contributed by atoms with van der Waals surface area (Å²) < 4.78 is 43.4. The molecule has 1 aromatic heterocycles. The predicted molar refractivity (Wildman–Crippen MR) is 90.5 cm³/mol. The topological polar surface area (TPSA) is 69.0 Å². The van der Waals surface area contributed by atoms with Crippen LogP contribution in [0.5, 0.6) is 11.5 Å². The summed E-state index contributed by atoms with van der Waals surface area (Å²) in [5, 5.41) is 0. The van der Waals surface area contributed by atoms with Crippen molar-refractivity contribution in [2.75, 3.05) is 19.7 Å². The first-order valence-corrected chi connectivity index (χ1v) is 8.54. The van der Waals surface area contributed by atoms with Gasteiger partial charge in [-0.1, -0.05) is 12.1 Å². The molecule has 4 rings (SSSR count). The molecule has 6 nitrogen and oxygen atoms in total. The second-order valence-corrected chi connectivity index (χ2v) is 6.69. The van der Waals surface area contributed by atoms with Crippen molar-refractivity contribution in [3.63, 3.8) is 0 Å². The summed E-state index contributed by atoms with van der Waals surface area (Å²) in [5.74, 6) is -2.33. The number of fused-ring (bicyclic) bond motifs is 1. The molecule has 2 aliphatic rings. The third-order valence-corrected chi connectivity index (χ3v) is 4.66.